The van der Waals surface area contributed by atoms with Crippen LogP contribution in [-0.2, 0) is 0 Å². The second-order valence-electron chi connectivity index (χ2n) is 3.76. The minimum Gasteiger partial charge on any atom is -0.352 e. The lowest BCUT2D eigenvalue weighted by molar-refractivity contribution is 0.0948. The molecule has 1 amide bonds. The maximum absolute atomic E-state index is 13.0. The Morgan fingerprint density at radius 1 is 1.47 bits per heavy atom. The van der Waals surface area contributed by atoms with Gasteiger partial charge in [0, 0.05) is 15.7 Å². The largest absolute Gasteiger partial charge is 0.352 e. The van der Waals surface area contributed by atoms with E-state index in [1.807, 2.05) is 36.4 Å². The van der Waals surface area contributed by atoms with Gasteiger partial charge in [0.15, 0.2) is 0 Å². The van der Waals surface area contributed by atoms with Crippen molar-refractivity contribution in [1.82, 2.24) is 5.32 Å². The molecule has 1 aromatic carbocycles. The minimum absolute atomic E-state index is 0.221. The van der Waals surface area contributed by atoms with E-state index in [1.54, 1.807) is 6.07 Å². The highest BCUT2D eigenvalue weighted by molar-refractivity contribution is 14.1. The highest BCUT2D eigenvalue weighted by atomic mass is 127. The number of amides is 1. The van der Waals surface area contributed by atoms with Crippen LogP contribution in [0.5, 0.6) is 0 Å². The summed E-state index contributed by atoms with van der Waals surface area (Å²) in [4.78, 5) is 11.6. The average molecular weight is 321 g/mol. The van der Waals surface area contributed by atoms with E-state index in [2.05, 4.69) is 5.32 Å². The van der Waals surface area contributed by atoms with Crippen LogP contribution in [0.1, 0.15) is 24.2 Å². The first kappa shape index (κ1) is 12.4. The summed E-state index contributed by atoms with van der Waals surface area (Å²) >= 11 is 1.99. The lowest BCUT2D eigenvalue weighted by Crippen LogP contribution is -2.27. The van der Waals surface area contributed by atoms with Gasteiger partial charge in [-0.2, -0.15) is 0 Å². The molecule has 0 aliphatic heterocycles. The zero-order valence-corrected chi connectivity index (χ0v) is 10.8. The molecule has 0 bridgehead atoms. The summed E-state index contributed by atoms with van der Waals surface area (Å²) in [6.07, 6.45) is 0. The van der Waals surface area contributed by atoms with Crippen LogP contribution in [0.2, 0.25) is 0 Å². The summed E-state index contributed by atoms with van der Waals surface area (Å²) in [7, 11) is 0. The van der Waals surface area contributed by atoms with E-state index in [1.165, 1.54) is 12.1 Å². The molecule has 1 N–H and O–H groups in total. The zero-order chi connectivity index (χ0) is 11.4. The summed E-state index contributed by atoms with van der Waals surface area (Å²) in [5.74, 6) is -0.209. The van der Waals surface area contributed by atoms with Crippen LogP contribution < -0.4 is 5.32 Å². The van der Waals surface area contributed by atoms with Gasteiger partial charge in [0.1, 0.15) is 5.82 Å². The Bertz CT molecular complexity index is 345. The quantitative estimate of drug-likeness (QED) is 0.852. The van der Waals surface area contributed by atoms with Gasteiger partial charge >= 0.3 is 0 Å². The minimum atomic E-state index is -0.378. The molecular weight excluding hydrogens is 308 g/mol. The van der Waals surface area contributed by atoms with Gasteiger partial charge in [-0.1, -0.05) is 13.8 Å². The Labute approximate surface area is 102 Å². The van der Waals surface area contributed by atoms with Crippen LogP contribution >= 0.6 is 22.6 Å². The Hall–Kier alpha value is -0.650. The molecule has 1 aromatic rings. The lowest BCUT2D eigenvalue weighted by atomic mass is 10.2. The molecular formula is C11H13FINO. The van der Waals surface area contributed by atoms with Crippen LogP contribution in [0.3, 0.4) is 0 Å². The van der Waals surface area contributed by atoms with E-state index in [0.29, 0.717) is 18.0 Å². The number of halogens is 2. The molecule has 0 aromatic heterocycles. The van der Waals surface area contributed by atoms with Gasteiger partial charge in [0.25, 0.3) is 5.91 Å². The SMILES string of the molecule is CC(C)CNC(=O)c1cc(F)cc(I)c1. The maximum Gasteiger partial charge on any atom is 0.251 e. The average Bonchev–Trinajstić information content (AvgIpc) is 2.12. The normalized spacial score (nSPS) is 10.5. The van der Waals surface area contributed by atoms with E-state index in [-0.39, 0.29) is 11.7 Å². The van der Waals surface area contributed by atoms with Gasteiger partial charge in [-0.15, -0.1) is 0 Å². The summed E-state index contributed by atoms with van der Waals surface area (Å²) in [5, 5.41) is 2.74. The molecule has 0 aliphatic rings. The number of hydrogen-bond donors (Lipinski definition) is 1. The number of hydrogen-bond acceptors (Lipinski definition) is 1. The predicted molar refractivity (Wildman–Crippen MR) is 66.3 cm³/mol. The van der Waals surface area contributed by atoms with Gasteiger partial charge in [-0.3, -0.25) is 4.79 Å². The first-order valence-electron chi connectivity index (χ1n) is 4.73. The van der Waals surface area contributed by atoms with Crippen molar-refractivity contribution < 1.29 is 9.18 Å². The molecule has 0 aliphatic carbocycles. The molecule has 0 saturated heterocycles. The van der Waals surface area contributed by atoms with Crippen molar-refractivity contribution in [1.29, 1.82) is 0 Å². The molecule has 0 saturated carbocycles. The number of rotatable bonds is 3. The van der Waals surface area contributed by atoms with Crippen molar-refractivity contribution in [2.75, 3.05) is 6.54 Å². The Morgan fingerprint density at radius 2 is 2.13 bits per heavy atom. The van der Waals surface area contributed by atoms with Crippen LogP contribution in [0, 0.1) is 15.3 Å². The highest BCUT2D eigenvalue weighted by Gasteiger charge is 2.08. The lowest BCUT2D eigenvalue weighted by Gasteiger charge is -2.07. The van der Waals surface area contributed by atoms with Gasteiger partial charge in [0.2, 0.25) is 0 Å². The van der Waals surface area contributed by atoms with E-state index in [9.17, 15) is 9.18 Å². The molecule has 0 spiro atoms. The van der Waals surface area contributed by atoms with Crippen molar-refractivity contribution in [2.45, 2.75) is 13.8 Å². The van der Waals surface area contributed by atoms with Crippen molar-refractivity contribution in [3.05, 3.63) is 33.1 Å². The molecule has 0 atom stereocenters. The monoisotopic (exact) mass is 321 g/mol. The fourth-order valence-corrected chi connectivity index (χ4v) is 1.72. The first-order chi connectivity index (χ1) is 6.99. The summed E-state index contributed by atoms with van der Waals surface area (Å²) in [5.41, 5.74) is 0.375. The highest BCUT2D eigenvalue weighted by Crippen LogP contribution is 2.11. The second kappa shape index (κ2) is 5.44. The molecule has 0 radical (unpaired) electrons. The predicted octanol–water partition coefficient (Wildman–Crippen LogP) is 2.82. The molecule has 0 heterocycles. The third kappa shape index (κ3) is 4.15. The van der Waals surface area contributed by atoms with Gasteiger partial charge in [-0.05, 0) is 46.7 Å². The summed E-state index contributed by atoms with van der Waals surface area (Å²) < 4.78 is 13.7. The molecule has 4 heteroatoms. The van der Waals surface area contributed by atoms with Crippen LogP contribution in [0.4, 0.5) is 4.39 Å². The van der Waals surface area contributed by atoms with Crippen molar-refractivity contribution >= 4 is 28.5 Å². The molecule has 0 fully saturated rings. The van der Waals surface area contributed by atoms with E-state index < -0.39 is 0 Å². The Kier molecular flexibility index (Phi) is 4.50. The van der Waals surface area contributed by atoms with Crippen LogP contribution in [0.15, 0.2) is 18.2 Å². The van der Waals surface area contributed by atoms with Crippen molar-refractivity contribution in [2.24, 2.45) is 5.92 Å². The van der Waals surface area contributed by atoms with Crippen LogP contribution in [0.25, 0.3) is 0 Å². The number of benzene rings is 1. The number of carbonyl (C=O) groups is 1. The fraction of sp³-hybridized carbons (Fsp3) is 0.364. The molecule has 2 nitrogen and oxygen atoms in total. The summed E-state index contributed by atoms with van der Waals surface area (Å²) in [6.45, 7) is 4.62. The third-order valence-corrected chi connectivity index (χ3v) is 2.42. The van der Waals surface area contributed by atoms with E-state index >= 15 is 0 Å². The number of nitrogens with one attached hydrogen (secondary N) is 1. The summed E-state index contributed by atoms with van der Waals surface area (Å²) in [6, 6.07) is 4.30. The second-order valence-corrected chi connectivity index (χ2v) is 5.01. The van der Waals surface area contributed by atoms with Gasteiger partial charge in [-0.25, -0.2) is 4.39 Å². The molecule has 1 rings (SSSR count). The van der Waals surface area contributed by atoms with E-state index in [4.69, 9.17) is 0 Å². The van der Waals surface area contributed by atoms with Crippen molar-refractivity contribution in [3.63, 3.8) is 0 Å². The van der Waals surface area contributed by atoms with Crippen LogP contribution in [-0.4, -0.2) is 12.5 Å². The zero-order valence-electron chi connectivity index (χ0n) is 8.68. The smallest absolute Gasteiger partial charge is 0.251 e. The standard InChI is InChI=1S/C11H13FINO/c1-7(2)6-14-11(15)8-3-9(12)5-10(13)4-8/h3-5,7H,6H2,1-2H3,(H,14,15). The maximum atomic E-state index is 13.0. The Morgan fingerprint density at radius 3 is 2.67 bits per heavy atom. The molecule has 0 unspecified atom stereocenters. The van der Waals surface area contributed by atoms with E-state index in [0.717, 1.165) is 3.57 Å². The van der Waals surface area contributed by atoms with Gasteiger partial charge in [0.05, 0.1) is 0 Å². The third-order valence-electron chi connectivity index (χ3n) is 1.80. The fourth-order valence-electron chi connectivity index (χ4n) is 1.08. The Balaban J connectivity index is 2.73. The topological polar surface area (TPSA) is 29.1 Å². The molecule has 15 heavy (non-hydrogen) atoms. The first-order valence-corrected chi connectivity index (χ1v) is 5.81. The van der Waals surface area contributed by atoms with Crippen molar-refractivity contribution in [3.8, 4) is 0 Å². The number of carbonyl (C=O) groups excluding carboxylic acids is 1. The molecule has 82 valence electrons. The van der Waals surface area contributed by atoms with Gasteiger partial charge < -0.3 is 5.32 Å².